The fourth-order valence-corrected chi connectivity index (χ4v) is 2.94. The van der Waals surface area contributed by atoms with Crippen LogP contribution in [0.25, 0.3) is 0 Å². The van der Waals surface area contributed by atoms with Gasteiger partial charge < -0.3 is 0 Å². The van der Waals surface area contributed by atoms with E-state index in [4.69, 9.17) is 0 Å². The summed E-state index contributed by atoms with van der Waals surface area (Å²) in [6.45, 7) is 4.44. The van der Waals surface area contributed by atoms with Gasteiger partial charge in [-0.2, -0.15) is 11.8 Å². The van der Waals surface area contributed by atoms with Gasteiger partial charge in [-0.25, -0.2) is 0 Å². The molecule has 0 aliphatic carbocycles. The van der Waals surface area contributed by atoms with Crippen LogP contribution in [-0.2, 0) is 5.75 Å². The lowest BCUT2D eigenvalue weighted by atomic mass is 10.1. The molecule has 0 nitrogen and oxygen atoms in total. The maximum atomic E-state index is 2.30. The van der Waals surface area contributed by atoms with E-state index in [2.05, 4.69) is 49.9 Å². The molecule has 0 saturated carbocycles. The lowest BCUT2D eigenvalue weighted by Crippen LogP contribution is -1.85. The largest absolute Gasteiger partial charge is 0.157 e. The fraction of sp³-hybridized carbons (Fsp3) is 0.625. The third-order valence-corrected chi connectivity index (χ3v) is 4.11. The zero-order valence-electron chi connectivity index (χ0n) is 11.4. The molecule has 0 aliphatic rings. The van der Waals surface area contributed by atoms with E-state index in [0.29, 0.717) is 0 Å². The summed E-state index contributed by atoms with van der Waals surface area (Å²) in [4.78, 5) is 0. The summed E-state index contributed by atoms with van der Waals surface area (Å²) in [5.74, 6) is 2.50. The van der Waals surface area contributed by atoms with Gasteiger partial charge in [0, 0.05) is 5.75 Å². The van der Waals surface area contributed by atoms with Crippen molar-refractivity contribution in [3.63, 3.8) is 0 Å². The number of benzene rings is 1. The van der Waals surface area contributed by atoms with Crippen molar-refractivity contribution in [1.29, 1.82) is 0 Å². The van der Waals surface area contributed by atoms with Crippen LogP contribution in [0.3, 0.4) is 0 Å². The molecular weight excluding hydrogens is 224 g/mol. The van der Waals surface area contributed by atoms with Gasteiger partial charge in [-0.05, 0) is 24.7 Å². The van der Waals surface area contributed by atoms with Crippen LogP contribution in [-0.4, -0.2) is 5.75 Å². The Bertz CT molecular complexity index is 293. The summed E-state index contributed by atoms with van der Waals surface area (Å²) in [5, 5.41) is 0. The number of unbranched alkanes of at least 4 members (excludes halogenated alkanes) is 5. The highest BCUT2D eigenvalue weighted by molar-refractivity contribution is 7.98. The lowest BCUT2D eigenvalue weighted by molar-refractivity contribution is 0.627. The minimum Gasteiger partial charge on any atom is -0.157 e. The maximum absolute atomic E-state index is 2.30. The molecule has 0 aliphatic heterocycles. The van der Waals surface area contributed by atoms with Crippen molar-refractivity contribution in [2.24, 2.45) is 0 Å². The van der Waals surface area contributed by atoms with Crippen molar-refractivity contribution in [3.8, 4) is 0 Å². The molecule has 1 aromatic carbocycles. The SMILES string of the molecule is CCCCCCCCSCc1cccc(C)c1. The molecule has 0 aromatic heterocycles. The molecule has 0 unspecified atom stereocenters. The molecule has 0 spiro atoms. The van der Waals surface area contributed by atoms with Gasteiger partial charge in [-0.3, -0.25) is 0 Å². The molecule has 0 radical (unpaired) electrons. The van der Waals surface area contributed by atoms with Crippen LogP contribution < -0.4 is 0 Å². The first-order valence-corrected chi connectivity index (χ1v) is 8.11. The average Bonchev–Trinajstić information content (AvgIpc) is 2.33. The zero-order valence-corrected chi connectivity index (χ0v) is 12.2. The van der Waals surface area contributed by atoms with Gasteiger partial charge in [-0.1, -0.05) is 68.9 Å². The molecule has 1 heteroatoms. The van der Waals surface area contributed by atoms with Crippen molar-refractivity contribution >= 4 is 11.8 Å². The van der Waals surface area contributed by atoms with E-state index in [1.807, 2.05) is 0 Å². The first kappa shape index (κ1) is 14.6. The normalized spacial score (nSPS) is 10.7. The Labute approximate surface area is 111 Å². The molecule has 0 N–H and O–H groups in total. The molecule has 0 heterocycles. The van der Waals surface area contributed by atoms with E-state index in [1.165, 1.54) is 61.2 Å². The molecular formula is C16H26S. The third kappa shape index (κ3) is 7.49. The molecule has 96 valence electrons. The minimum atomic E-state index is 1.18. The predicted molar refractivity (Wildman–Crippen MR) is 80.7 cm³/mol. The number of thioether (sulfide) groups is 1. The molecule has 1 aromatic rings. The van der Waals surface area contributed by atoms with E-state index in [-0.39, 0.29) is 0 Å². The van der Waals surface area contributed by atoms with Crippen molar-refractivity contribution in [2.75, 3.05) is 5.75 Å². The second-order valence-corrected chi connectivity index (χ2v) is 5.91. The van der Waals surface area contributed by atoms with Crippen LogP contribution in [0.5, 0.6) is 0 Å². The van der Waals surface area contributed by atoms with Crippen molar-refractivity contribution in [2.45, 2.75) is 58.1 Å². The van der Waals surface area contributed by atoms with Crippen molar-refractivity contribution in [1.82, 2.24) is 0 Å². The molecule has 0 saturated heterocycles. The lowest BCUT2D eigenvalue weighted by Gasteiger charge is -2.03. The van der Waals surface area contributed by atoms with E-state index >= 15 is 0 Å². The van der Waals surface area contributed by atoms with Crippen LogP contribution in [0, 0.1) is 6.92 Å². The maximum Gasteiger partial charge on any atom is 0.0184 e. The quantitative estimate of drug-likeness (QED) is 0.515. The highest BCUT2D eigenvalue weighted by Gasteiger charge is 1.95. The van der Waals surface area contributed by atoms with E-state index in [0.717, 1.165) is 0 Å². The number of aryl methyl sites for hydroxylation is 1. The standard InChI is InChI=1S/C16H26S/c1-3-4-5-6-7-8-12-17-14-16-11-9-10-15(2)13-16/h9-11,13H,3-8,12,14H2,1-2H3. The van der Waals surface area contributed by atoms with Gasteiger partial charge in [0.2, 0.25) is 0 Å². The summed E-state index contributed by atoms with van der Waals surface area (Å²) >= 11 is 2.08. The number of rotatable bonds is 9. The Kier molecular flexibility index (Phi) is 8.25. The fourth-order valence-electron chi connectivity index (χ4n) is 1.98. The van der Waals surface area contributed by atoms with E-state index in [1.54, 1.807) is 0 Å². The monoisotopic (exact) mass is 250 g/mol. The average molecular weight is 250 g/mol. The third-order valence-electron chi connectivity index (χ3n) is 2.99. The summed E-state index contributed by atoms with van der Waals surface area (Å²) in [5.41, 5.74) is 2.85. The summed E-state index contributed by atoms with van der Waals surface area (Å²) in [6, 6.07) is 8.87. The Morgan fingerprint density at radius 2 is 1.76 bits per heavy atom. The van der Waals surface area contributed by atoms with Gasteiger partial charge >= 0.3 is 0 Å². The van der Waals surface area contributed by atoms with Crippen molar-refractivity contribution < 1.29 is 0 Å². The summed E-state index contributed by atoms with van der Waals surface area (Å²) in [7, 11) is 0. The molecule has 17 heavy (non-hydrogen) atoms. The number of hydrogen-bond donors (Lipinski definition) is 0. The predicted octanol–water partition coefficient (Wildman–Crippen LogP) is 5.59. The minimum absolute atomic E-state index is 1.18. The van der Waals surface area contributed by atoms with Gasteiger partial charge in [-0.15, -0.1) is 0 Å². The molecule has 0 atom stereocenters. The Hall–Kier alpha value is -0.430. The Morgan fingerprint density at radius 1 is 1.00 bits per heavy atom. The summed E-state index contributed by atoms with van der Waals surface area (Å²) in [6.07, 6.45) is 8.43. The molecule has 0 bridgehead atoms. The highest BCUT2D eigenvalue weighted by Crippen LogP contribution is 2.16. The van der Waals surface area contributed by atoms with Crippen LogP contribution in [0.2, 0.25) is 0 Å². The van der Waals surface area contributed by atoms with E-state index in [9.17, 15) is 0 Å². The van der Waals surface area contributed by atoms with E-state index < -0.39 is 0 Å². The van der Waals surface area contributed by atoms with Crippen LogP contribution in [0.4, 0.5) is 0 Å². The second kappa shape index (κ2) is 9.58. The Morgan fingerprint density at radius 3 is 2.53 bits per heavy atom. The molecule has 0 fully saturated rings. The highest BCUT2D eigenvalue weighted by atomic mass is 32.2. The first-order valence-electron chi connectivity index (χ1n) is 6.96. The van der Waals surface area contributed by atoms with Gasteiger partial charge in [0.05, 0.1) is 0 Å². The molecule has 0 amide bonds. The first-order chi connectivity index (χ1) is 8.33. The Balaban J connectivity index is 1.97. The van der Waals surface area contributed by atoms with Crippen LogP contribution in [0.1, 0.15) is 56.6 Å². The van der Waals surface area contributed by atoms with Gasteiger partial charge in [0.25, 0.3) is 0 Å². The topological polar surface area (TPSA) is 0 Å². The van der Waals surface area contributed by atoms with Crippen LogP contribution in [0.15, 0.2) is 24.3 Å². The summed E-state index contributed by atoms with van der Waals surface area (Å²) < 4.78 is 0. The second-order valence-electron chi connectivity index (χ2n) is 4.81. The van der Waals surface area contributed by atoms with Crippen molar-refractivity contribution in [3.05, 3.63) is 35.4 Å². The zero-order chi connectivity index (χ0) is 12.3. The molecule has 1 rings (SSSR count). The van der Waals surface area contributed by atoms with Gasteiger partial charge in [0.1, 0.15) is 0 Å². The van der Waals surface area contributed by atoms with Gasteiger partial charge in [0.15, 0.2) is 0 Å². The smallest absolute Gasteiger partial charge is 0.0184 e. The van der Waals surface area contributed by atoms with Crippen LogP contribution >= 0.6 is 11.8 Å². The number of hydrogen-bond acceptors (Lipinski definition) is 1.